The number of rotatable bonds is 8. The number of hydroxylamine groups is 1. The van der Waals surface area contributed by atoms with Gasteiger partial charge in [0.2, 0.25) is 0 Å². The molecule has 6 N–H and O–H groups in total. The SMILES string of the molecule is NCCCCC[n+]1c(Cc2cccc(C(=O)NO)c2)[nH]c2cc(Cl)c(F)cc21.O=CO. The molecule has 0 atom stereocenters. The van der Waals surface area contributed by atoms with Crippen LogP contribution in [0.4, 0.5) is 4.39 Å². The van der Waals surface area contributed by atoms with E-state index in [9.17, 15) is 9.18 Å². The second-order valence-electron chi connectivity index (χ2n) is 6.78. The van der Waals surface area contributed by atoms with Gasteiger partial charge in [-0.3, -0.25) is 14.8 Å². The minimum atomic E-state index is -0.568. The largest absolute Gasteiger partial charge is 0.483 e. The number of aromatic nitrogens is 2. The second kappa shape index (κ2) is 12.0. The van der Waals surface area contributed by atoms with Crippen molar-refractivity contribution in [3.63, 3.8) is 0 Å². The van der Waals surface area contributed by atoms with Crippen LogP contribution in [0.2, 0.25) is 5.02 Å². The van der Waals surface area contributed by atoms with Crippen LogP contribution in [0.3, 0.4) is 0 Å². The predicted molar refractivity (Wildman–Crippen MR) is 114 cm³/mol. The number of unbranched alkanes of at least 4 members (excludes halogenated alkanes) is 2. The first-order valence-electron chi connectivity index (χ1n) is 9.65. The van der Waals surface area contributed by atoms with E-state index >= 15 is 0 Å². The number of amides is 1. The van der Waals surface area contributed by atoms with Crippen LogP contribution in [-0.4, -0.2) is 34.2 Å². The van der Waals surface area contributed by atoms with Crippen LogP contribution >= 0.6 is 11.6 Å². The van der Waals surface area contributed by atoms with Crippen LogP contribution in [0.5, 0.6) is 0 Å². The summed E-state index contributed by atoms with van der Waals surface area (Å²) >= 11 is 5.94. The van der Waals surface area contributed by atoms with Crippen molar-refractivity contribution in [2.24, 2.45) is 5.73 Å². The van der Waals surface area contributed by atoms with E-state index in [1.54, 1.807) is 29.7 Å². The number of imidazole rings is 1. The molecule has 3 aromatic rings. The molecule has 0 spiro atoms. The number of carbonyl (C=O) groups is 2. The number of aryl methyl sites for hydroxylation is 1. The van der Waals surface area contributed by atoms with Gasteiger partial charge in [-0.25, -0.2) is 19.4 Å². The summed E-state index contributed by atoms with van der Waals surface area (Å²) in [5.41, 5.74) is 9.95. The molecule has 0 aliphatic rings. The second-order valence-corrected chi connectivity index (χ2v) is 7.19. The minimum absolute atomic E-state index is 0.0668. The lowest BCUT2D eigenvalue weighted by molar-refractivity contribution is -0.678. The molecule has 2 aromatic carbocycles. The first-order valence-corrected chi connectivity index (χ1v) is 10.0. The normalized spacial score (nSPS) is 10.5. The lowest BCUT2D eigenvalue weighted by atomic mass is 10.1. The quantitative estimate of drug-likeness (QED) is 0.118. The maximum atomic E-state index is 14.0. The maximum absolute atomic E-state index is 14.0. The van der Waals surface area contributed by atoms with Gasteiger partial charge in [-0.2, -0.15) is 0 Å². The standard InChI is InChI=1S/C20H22ClFN4O2.CH2O2/c21-15-11-17-18(12-16(15)22)26(8-3-1-2-7-23)19(24-17)10-13-5-4-6-14(9-13)20(27)25-28;2-1-3/h4-6,9,11-12H,1-3,7-8,10,23H2,(H2,25,27,28);1H,(H,2,3)/p+1. The van der Waals surface area contributed by atoms with E-state index in [1.807, 2.05) is 10.6 Å². The summed E-state index contributed by atoms with van der Waals surface area (Å²) in [4.78, 5) is 23.3. The molecule has 0 bridgehead atoms. The number of nitrogens with two attached hydrogens (primary N) is 1. The number of hydrogen-bond acceptors (Lipinski definition) is 4. The fourth-order valence-electron chi connectivity index (χ4n) is 3.29. The topological polar surface area (TPSA) is 132 Å². The van der Waals surface area contributed by atoms with Crippen molar-refractivity contribution < 1.29 is 28.9 Å². The lowest BCUT2D eigenvalue weighted by Gasteiger charge is -2.05. The van der Waals surface area contributed by atoms with E-state index in [1.165, 1.54) is 6.07 Å². The van der Waals surface area contributed by atoms with E-state index in [2.05, 4.69) is 4.98 Å². The molecule has 1 aromatic heterocycles. The number of benzene rings is 2. The molecule has 1 amide bonds. The summed E-state index contributed by atoms with van der Waals surface area (Å²) in [5.74, 6) is -0.148. The Morgan fingerprint density at radius 3 is 2.68 bits per heavy atom. The Morgan fingerprint density at radius 1 is 1.26 bits per heavy atom. The third-order valence-corrected chi connectivity index (χ3v) is 4.97. The van der Waals surface area contributed by atoms with Gasteiger partial charge < -0.3 is 10.8 Å². The molecule has 0 unspecified atom stereocenters. The van der Waals surface area contributed by atoms with Gasteiger partial charge in [-0.05, 0) is 43.5 Å². The number of nitrogens with one attached hydrogen (secondary N) is 2. The summed E-state index contributed by atoms with van der Waals surface area (Å²) < 4.78 is 16.1. The molecule has 0 aliphatic carbocycles. The zero-order valence-electron chi connectivity index (χ0n) is 16.8. The summed E-state index contributed by atoms with van der Waals surface area (Å²) in [5, 5.41) is 15.8. The number of H-pyrrole nitrogens is 1. The zero-order chi connectivity index (χ0) is 22.8. The molecule has 0 saturated carbocycles. The zero-order valence-corrected chi connectivity index (χ0v) is 17.5. The lowest BCUT2D eigenvalue weighted by Crippen LogP contribution is -2.37. The highest BCUT2D eigenvalue weighted by Gasteiger charge is 2.21. The van der Waals surface area contributed by atoms with Gasteiger partial charge in [-0.1, -0.05) is 23.7 Å². The van der Waals surface area contributed by atoms with Crippen LogP contribution in [0.1, 0.15) is 41.0 Å². The molecule has 0 radical (unpaired) electrons. The first kappa shape index (κ1) is 24.3. The van der Waals surface area contributed by atoms with Gasteiger partial charge >= 0.3 is 0 Å². The minimum Gasteiger partial charge on any atom is -0.483 e. The molecule has 8 nitrogen and oxygen atoms in total. The van der Waals surface area contributed by atoms with E-state index < -0.39 is 11.7 Å². The van der Waals surface area contributed by atoms with Gasteiger partial charge in [0.25, 0.3) is 18.2 Å². The highest BCUT2D eigenvalue weighted by molar-refractivity contribution is 6.31. The molecule has 0 saturated heterocycles. The summed E-state index contributed by atoms with van der Waals surface area (Å²) in [6.45, 7) is 1.11. The van der Waals surface area contributed by atoms with Crippen molar-refractivity contribution in [3.05, 3.63) is 64.2 Å². The Bertz CT molecular complexity index is 1040. The third-order valence-electron chi connectivity index (χ3n) is 4.68. The Balaban J connectivity index is 0.00000107. The van der Waals surface area contributed by atoms with Crippen LogP contribution < -0.4 is 15.8 Å². The number of hydrogen-bond donors (Lipinski definition) is 5. The van der Waals surface area contributed by atoms with Crippen molar-refractivity contribution >= 4 is 35.0 Å². The van der Waals surface area contributed by atoms with E-state index in [-0.39, 0.29) is 11.5 Å². The van der Waals surface area contributed by atoms with Crippen LogP contribution in [0.25, 0.3) is 11.0 Å². The molecular weight excluding hydrogens is 427 g/mol. The van der Waals surface area contributed by atoms with Gasteiger partial charge in [0.15, 0.2) is 11.0 Å². The van der Waals surface area contributed by atoms with Crippen molar-refractivity contribution in [1.29, 1.82) is 0 Å². The Kier molecular flexibility index (Phi) is 9.39. The van der Waals surface area contributed by atoms with Crippen molar-refractivity contribution in [3.8, 4) is 0 Å². The number of nitrogens with zero attached hydrogens (tertiary/aromatic N) is 1. The third kappa shape index (κ3) is 6.48. The smallest absolute Gasteiger partial charge is 0.290 e. The Morgan fingerprint density at radius 2 is 2.00 bits per heavy atom. The summed E-state index contributed by atoms with van der Waals surface area (Å²) in [6, 6.07) is 10.0. The number of halogens is 2. The monoisotopic (exact) mass is 451 g/mol. The highest BCUT2D eigenvalue weighted by Crippen LogP contribution is 2.22. The fraction of sp³-hybridized carbons (Fsp3) is 0.286. The van der Waals surface area contributed by atoms with Crippen LogP contribution in [0.15, 0.2) is 36.4 Å². The number of fused-ring (bicyclic) bond motifs is 1. The Hall–Kier alpha value is -3.01. The van der Waals surface area contributed by atoms with Crippen LogP contribution in [0, 0.1) is 5.82 Å². The predicted octanol–water partition coefficient (Wildman–Crippen LogP) is 2.79. The number of carbonyl (C=O) groups excluding carboxylic acids is 1. The average molecular weight is 452 g/mol. The van der Waals surface area contributed by atoms with Crippen molar-refractivity contribution in [2.45, 2.75) is 32.2 Å². The van der Waals surface area contributed by atoms with Gasteiger partial charge in [-0.15, -0.1) is 0 Å². The van der Waals surface area contributed by atoms with E-state index in [4.69, 9.17) is 32.4 Å². The summed E-state index contributed by atoms with van der Waals surface area (Å²) in [7, 11) is 0. The van der Waals surface area contributed by atoms with Gasteiger partial charge in [0.1, 0.15) is 5.82 Å². The molecular formula is C21H25ClFN4O4+. The average Bonchev–Trinajstić information content (AvgIpc) is 3.07. The molecule has 1 heterocycles. The first-order chi connectivity index (χ1) is 14.9. The van der Waals surface area contributed by atoms with Crippen molar-refractivity contribution in [1.82, 2.24) is 10.5 Å². The van der Waals surface area contributed by atoms with Gasteiger partial charge in [0, 0.05) is 17.7 Å². The van der Waals surface area contributed by atoms with Crippen LogP contribution in [-0.2, 0) is 17.8 Å². The number of carboxylic acid groups (broad SMARTS) is 1. The van der Waals surface area contributed by atoms with E-state index in [0.717, 1.165) is 41.7 Å². The molecule has 166 valence electrons. The number of aromatic amines is 1. The van der Waals surface area contributed by atoms with Crippen molar-refractivity contribution in [2.75, 3.05) is 6.54 Å². The fourth-order valence-corrected chi connectivity index (χ4v) is 3.46. The molecule has 0 aliphatic heterocycles. The summed E-state index contributed by atoms with van der Waals surface area (Å²) in [6.07, 6.45) is 3.35. The maximum Gasteiger partial charge on any atom is 0.290 e. The van der Waals surface area contributed by atoms with Gasteiger partial charge in [0.05, 0.1) is 18.0 Å². The molecule has 31 heavy (non-hydrogen) atoms. The Labute approximate surface area is 183 Å². The molecule has 3 rings (SSSR count). The van der Waals surface area contributed by atoms with E-state index in [0.29, 0.717) is 25.1 Å². The molecule has 0 fully saturated rings. The highest BCUT2D eigenvalue weighted by atomic mass is 35.5. The molecule has 10 heteroatoms.